The minimum absolute atomic E-state index is 0.431. The quantitative estimate of drug-likeness (QED) is 0.463. The zero-order chi connectivity index (χ0) is 17.2. The first-order chi connectivity index (χ1) is 11.4. The van der Waals surface area contributed by atoms with Gasteiger partial charge in [0.05, 0.1) is 9.48 Å². The van der Waals surface area contributed by atoms with Crippen LogP contribution in [-0.2, 0) is 0 Å². The number of aromatic nitrogens is 4. The predicted molar refractivity (Wildman–Crippen MR) is 104 cm³/mol. The smallest absolute Gasteiger partial charge is 0.158 e. The van der Waals surface area contributed by atoms with Gasteiger partial charge in [-0.05, 0) is 64.9 Å². The molecule has 0 unspecified atom stereocenters. The molecule has 24 heavy (non-hydrogen) atoms. The van der Waals surface area contributed by atoms with Crippen LogP contribution in [-0.4, -0.2) is 19.6 Å². The molecule has 0 aliphatic heterocycles. The molecule has 0 bridgehead atoms. The molecule has 6 heteroatoms. The lowest BCUT2D eigenvalue weighted by atomic mass is 9.93. The van der Waals surface area contributed by atoms with Crippen LogP contribution < -0.4 is 0 Å². The van der Waals surface area contributed by atoms with Crippen molar-refractivity contribution in [2.75, 3.05) is 0 Å². The number of thiophene rings is 1. The summed E-state index contributed by atoms with van der Waals surface area (Å²) in [6.45, 7) is 11.0. The van der Waals surface area contributed by atoms with E-state index >= 15 is 0 Å². The minimum atomic E-state index is 0.431. The Morgan fingerprint density at radius 2 is 1.92 bits per heavy atom. The van der Waals surface area contributed by atoms with Gasteiger partial charge in [-0.3, -0.25) is 0 Å². The van der Waals surface area contributed by atoms with E-state index in [1.54, 1.807) is 17.7 Å². The molecule has 0 aliphatic rings. The Morgan fingerprint density at radius 3 is 2.62 bits per heavy atom. The molecular formula is C18H19BrN4S. The van der Waals surface area contributed by atoms with E-state index in [0.29, 0.717) is 5.92 Å². The second-order valence-electron chi connectivity index (χ2n) is 6.59. The van der Waals surface area contributed by atoms with Gasteiger partial charge in [0.2, 0.25) is 0 Å². The van der Waals surface area contributed by atoms with Gasteiger partial charge in [0, 0.05) is 17.1 Å². The van der Waals surface area contributed by atoms with Crippen LogP contribution in [0.5, 0.6) is 0 Å². The molecule has 4 aromatic heterocycles. The van der Waals surface area contributed by atoms with Crippen molar-refractivity contribution in [1.29, 1.82) is 0 Å². The van der Waals surface area contributed by atoms with Crippen molar-refractivity contribution in [3.63, 3.8) is 0 Å². The second-order valence-corrected chi connectivity index (χ2v) is 8.93. The van der Waals surface area contributed by atoms with Crippen molar-refractivity contribution >= 4 is 43.1 Å². The fraction of sp³-hybridized carbons (Fsp3) is 0.333. The van der Waals surface area contributed by atoms with Gasteiger partial charge < -0.3 is 4.98 Å². The molecule has 1 N–H and O–H groups in total. The number of fused-ring (bicyclic) bond motifs is 2. The molecular weight excluding hydrogens is 384 g/mol. The van der Waals surface area contributed by atoms with Gasteiger partial charge >= 0.3 is 0 Å². The van der Waals surface area contributed by atoms with Gasteiger partial charge in [-0.15, -0.1) is 11.3 Å². The molecule has 0 aliphatic carbocycles. The van der Waals surface area contributed by atoms with Crippen LogP contribution in [0.1, 0.15) is 42.0 Å². The van der Waals surface area contributed by atoms with E-state index in [9.17, 15) is 0 Å². The Labute approximate surface area is 153 Å². The number of hydrogen-bond donors (Lipinski definition) is 1. The van der Waals surface area contributed by atoms with E-state index < -0.39 is 0 Å². The Hall–Kier alpha value is -1.66. The summed E-state index contributed by atoms with van der Waals surface area (Å²) >= 11 is 5.45. The summed E-state index contributed by atoms with van der Waals surface area (Å²) in [5.74, 6) is 0.431. The van der Waals surface area contributed by atoms with E-state index in [1.807, 2.05) is 4.52 Å². The monoisotopic (exact) mass is 402 g/mol. The average molecular weight is 403 g/mol. The summed E-state index contributed by atoms with van der Waals surface area (Å²) in [5, 5.41) is 5.70. The summed E-state index contributed by atoms with van der Waals surface area (Å²) in [4.78, 5) is 9.27. The molecule has 124 valence electrons. The molecule has 0 saturated heterocycles. The van der Waals surface area contributed by atoms with Gasteiger partial charge in [-0.1, -0.05) is 13.8 Å². The standard InChI is InChI=1S/C18H19BrN4S/c1-8(2)13-14-11(5)16(19)24-18(14)22-15(13)12-6-23-17(20-7-21-23)10(4)9(12)3/h6-8,22H,1-5H3. The third-order valence-corrected chi connectivity index (χ3v) is 6.91. The number of H-pyrrole nitrogens is 1. The van der Waals surface area contributed by atoms with E-state index in [2.05, 4.69) is 71.8 Å². The van der Waals surface area contributed by atoms with Crippen LogP contribution in [0.3, 0.4) is 0 Å². The highest BCUT2D eigenvalue weighted by molar-refractivity contribution is 9.11. The fourth-order valence-corrected chi connectivity index (χ4v) is 5.08. The Morgan fingerprint density at radius 1 is 1.17 bits per heavy atom. The van der Waals surface area contributed by atoms with Crippen molar-refractivity contribution in [3.05, 3.63) is 38.6 Å². The van der Waals surface area contributed by atoms with Gasteiger partial charge in [0.15, 0.2) is 5.65 Å². The van der Waals surface area contributed by atoms with E-state index in [1.165, 1.54) is 47.5 Å². The lowest BCUT2D eigenvalue weighted by Gasteiger charge is -2.13. The van der Waals surface area contributed by atoms with Crippen LogP contribution >= 0.6 is 27.3 Å². The molecule has 0 fully saturated rings. The van der Waals surface area contributed by atoms with Crippen molar-refractivity contribution in [1.82, 2.24) is 19.6 Å². The summed E-state index contributed by atoms with van der Waals surface area (Å²) in [6, 6.07) is 0. The van der Waals surface area contributed by atoms with Crippen molar-refractivity contribution in [3.8, 4) is 11.3 Å². The summed E-state index contributed by atoms with van der Waals surface area (Å²) in [5.41, 5.74) is 8.46. The lowest BCUT2D eigenvalue weighted by Crippen LogP contribution is -1.99. The third-order valence-electron chi connectivity index (χ3n) is 4.84. The maximum absolute atomic E-state index is 4.37. The molecule has 4 heterocycles. The second kappa shape index (κ2) is 5.43. The number of rotatable bonds is 2. The minimum Gasteiger partial charge on any atom is -0.346 e. The highest BCUT2D eigenvalue weighted by Gasteiger charge is 2.23. The van der Waals surface area contributed by atoms with Gasteiger partial charge in [-0.2, -0.15) is 5.10 Å². The van der Waals surface area contributed by atoms with Crippen LogP contribution in [0.15, 0.2) is 16.3 Å². The first-order valence-electron chi connectivity index (χ1n) is 8.00. The normalized spacial score (nSPS) is 12.1. The van der Waals surface area contributed by atoms with Crippen LogP contribution in [0.2, 0.25) is 0 Å². The molecule has 4 aromatic rings. The Balaban J connectivity index is 2.10. The third kappa shape index (κ3) is 2.09. The molecule has 0 atom stereocenters. The molecule has 0 radical (unpaired) electrons. The molecule has 0 spiro atoms. The van der Waals surface area contributed by atoms with Gasteiger partial charge in [0.25, 0.3) is 0 Å². The van der Waals surface area contributed by atoms with Gasteiger partial charge in [0.1, 0.15) is 11.2 Å². The number of aryl methyl sites for hydroxylation is 2. The summed E-state index contributed by atoms with van der Waals surface area (Å²) in [7, 11) is 0. The predicted octanol–water partition coefficient (Wildman–Crippen LogP) is 5.75. The van der Waals surface area contributed by atoms with Crippen LogP contribution in [0.4, 0.5) is 0 Å². The topological polar surface area (TPSA) is 46.0 Å². The number of hydrogen-bond acceptors (Lipinski definition) is 3. The molecule has 4 nitrogen and oxygen atoms in total. The summed E-state index contributed by atoms with van der Waals surface area (Å²) in [6.07, 6.45) is 3.71. The Kier molecular flexibility index (Phi) is 3.58. The number of pyridine rings is 1. The van der Waals surface area contributed by atoms with E-state index in [-0.39, 0.29) is 0 Å². The number of aromatic amines is 1. The average Bonchev–Trinajstić information content (AvgIpc) is 3.19. The van der Waals surface area contributed by atoms with E-state index in [4.69, 9.17) is 0 Å². The zero-order valence-electron chi connectivity index (χ0n) is 14.4. The molecule has 0 saturated carbocycles. The molecule has 0 aromatic carbocycles. The van der Waals surface area contributed by atoms with Gasteiger partial charge in [-0.25, -0.2) is 9.50 Å². The molecule has 4 rings (SSSR count). The largest absolute Gasteiger partial charge is 0.346 e. The number of nitrogens with one attached hydrogen (secondary N) is 1. The van der Waals surface area contributed by atoms with Crippen LogP contribution in [0, 0.1) is 20.8 Å². The Bertz CT molecular complexity index is 1080. The first kappa shape index (κ1) is 15.8. The SMILES string of the molecule is Cc1c(-c2[nH]c3sc(Br)c(C)c3c2C(C)C)cn2ncnc2c1C. The number of halogens is 1. The van der Waals surface area contributed by atoms with Crippen molar-refractivity contribution in [2.45, 2.75) is 40.5 Å². The zero-order valence-corrected chi connectivity index (χ0v) is 16.8. The molecule has 0 amide bonds. The lowest BCUT2D eigenvalue weighted by molar-refractivity contribution is 0.875. The maximum atomic E-state index is 4.37. The van der Waals surface area contributed by atoms with Crippen LogP contribution in [0.25, 0.3) is 27.1 Å². The summed E-state index contributed by atoms with van der Waals surface area (Å²) < 4.78 is 3.08. The fourth-order valence-electron chi connectivity index (χ4n) is 3.45. The highest BCUT2D eigenvalue weighted by Crippen LogP contribution is 2.44. The first-order valence-corrected chi connectivity index (χ1v) is 9.61. The maximum Gasteiger partial charge on any atom is 0.158 e. The van der Waals surface area contributed by atoms with E-state index in [0.717, 1.165) is 5.65 Å². The van der Waals surface area contributed by atoms with Crippen molar-refractivity contribution < 1.29 is 0 Å². The van der Waals surface area contributed by atoms with Crippen molar-refractivity contribution in [2.24, 2.45) is 0 Å². The number of nitrogens with zero attached hydrogens (tertiary/aromatic N) is 3. The highest BCUT2D eigenvalue weighted by atomic mass is 79.9.